The van der Waals surface area contributed by atoms with Gasteiger partial charge in [0.2, 0.25) is 0 Å². The molecule has 0 unspecified atom stereocenters. The Morgan fingerprint density at radius 1 is 1.32 bits per heavy atom. The van der Waals surface area contributed by atoms with E-state index < -0.39 is 17.4 Å². The van der Waals surface area contributed by atoms with Crippen LogP contribution in [0.2, 0.25) is 0 Å². The van der Waals surface area contributed by atoms with Crippen molar-refractivity contribution < 1.29 is 18.7 Å². The number of hydrogen-bond donors (Lipinski definition) is 2. The van der Waals surface area contributed by atoms with E-state index in [0.29, 0.717) is 6.42 Å². The number of nitrogens with zero attached hydrogens (tertiary/aromatic N) is 1. The summed E-state index contributed by atoms with van der Waals surface area (Å²) in [5, 5.41) is 11.1. The highest BCUT2D eigenvalue weighted by Crippen LogP contribution is 2.25. The molecule has 106 valence electrons. The van der Waals surface area contributed by atoms with E-state index in [2.05, 4.69) is 5.16 Å². The maximum absolute atomic E-state index is 13.7. The Morgan fingerprint density at radius 3 is 2.26 bits per heavy atom. The van der Waals surface area contributed by atoms with Crippen LogP contribution in [-0.2, 0) is 0 Å². The summed E-state index contributed by atoms with van der Waals surface area (Å²) in [6, 6.07) is 1.93. The fourth-order valence-electron chi connectivity index (χ4n) is 1.36. The molecule has 3 N–H and O–H groups in total. The van der Waals surface area contributed by atoms with Gasteiger partial charge in [-0.2, -0.15) is 0 Å². The first-order chi connectivity index (χ1) is 8.74. The van der Waals surface area contributed by atoms with Crippen molar-refractivity contribution in [2.24, 2.45) is 16.3 Å². The zero-order valence-corrected chi connectivity index (χ0v) is 11.2. The topological polar surface area (TPSA) is 67.8 Å². The summed E-state index contributed by atoms with van der Waals surface area (Å²) in [6.45, 7) is 6.22. The van der Waals surface area contributed by atoms with Crippen LogP contribution in [0, 0.1) is 17.0 Å². The first-order valence-electron chi connectivity index (χ1n) is 5.84. The van der Waals surface area contributed by atoms with E-state index >= 15 is 0 Å². The third-order valence-corrected chi connectivity index (χ3v) is 2.50. The highest BCUT2D eigenvalue weighted by molar-refractivity contribution is 5.97. The highest BCUT2D eigenvalue weighted by atomic mass is 19.1. The van der Waals surface area contributed by atoms with Gasteiger partial charge in [-0.05, 0) is 24.0 Å². The first-order valence-corrected chi connectivity index (χ1v) is 5.84. The van der Waals surface area contributed by atoms with Crippen LogP contribution in [0.15, 0.2) is 17.3 Å². The highest BCUT2D eigenvalue weighted by Gasteiger charge is 2.16. The number of hydrogen-bond acceptors (Lipinski definition) is 3. The molecule has 6 heteroatoms. The summed E-state index contributed by atoms with van der Waals surface area (Å²) in [4.78, 5) is 0. The van der Waals surface area contributed by atoms with Crippen LogP contribution in [0.25, 0.3) is 0 Å². The van der Waals surface area contributed by atoms with E-state index in [-0.39, 0.29) is 23.4 Å². The van der Waals surface area contributed by atoms with Gasteiger partial charge >= 0.3 is 0 Å². The average Bonchev–Trinajstić information content (AvgIpc) is 2.30. The maximum Gasteiger partial charge on any atom is 0.190 e. The van der Waals surface area contributed by atoms with Crippen molar-refractivity contribution in [3.63, 3.8) is 0 Å². The van der Waals surface area contributed by atoms with Crippen molar-refractivity contribution in [1.29, 1.82) is 0 Å². The standard InChI is InChI=1S/C13H18F2N2O2/c1-13(2,3)4-5-19-11-9(14)6-8(7-10(11)15)12(16)17-18/h6-7,18H,4-5H2,1-3H3,(H2,16,17). The number of amidine groups is 1. The van der Waals surface area contributed by atoms with Gasteiger partial charge in [0, 0.05) is 5.56 Å². The van der Waals surface area contributed by atoms with Gasteiger partial charge in [0.05, 0.1) is 6.61 Å². The molecule has 0 heterocycles. The average molecular weight is 272 g/mol. The Kier molecular flexibility index (Phi) is 4.69. The van der Waals surface area contributed by atoms with Crippen LogP contribution in [0.1, 0.15) is 32.8 Å². The van der Waals surface area contributed by atoms with E-state index in [4.69, 9.17) is 15.7 Å². The van der Waals surface area contributed by atoms with Crippen LogP contribution >= 0.6 is 0 Å². The van der Waals surface area contributed by atoms with E-state index in [9.17, 15) is 8.78 Å². The van der Waals surface area contributed by atoms with Crippen LogP contribution in [0.3, 0.4) is 0 Å². The third kappa shape index (κ3) is 4.39. The lowest BCUT2D eigenvalue weighted by Gasteiger charge is -2.18. The van der Waals surface area contributed by atoms with E-state index in [1.807, 2.05) is 20.8 Å². The second kappa shape index (κ2) is 5.86. The molecule has 0 fully saturated rings. The Balaban J connectivity index is 2.86. The van der Waals surface area contributed by atoms with Crippen LogP contribution in [-0.4, -0.2) is 17.6 Å². The minimum atomic E-state index is -0.879. The van der Waals surface area contributed by atoms with E-state index in [1.165, 1.54) is 0 Å². The zero-order valence-electron chi connectivity index (χ0n) is 11.2. The summed E-state index contributed by atoms with van der Waals surface area (Å²) >= 11 is 0. The first kappa shape index (κ1) is 15.2. The molecule has 0 aliphatic rings. The molecular weight excluding hydrogens is 254 g/mol. The van der Waals surface area contributed by atoms with Crippen molar-refractivity contribution in [2.45, 2.75) is 27.2 Å². The molecule has 0 spiro atoms. The van der Waals surface area contributed by atoms with Crippen molar-refractivity contribution in [2.75, 3.05) is 6.61 Å². The lowest BCUT2D eigenvalue weighted by atomic mass is 9.93. The number of nitrogens with two attached hydrogens (primary N) is 1. The van der Waals surface area contributed by atoms with Gasteiger partial charge in [0.1, 0.15) is 0 Å². The van der Waals surface area contributed by atoms with Crippen LogP contribution < -0.4 is 10.5 Å². The Morgan fingerprint density at radius 2 is 1.84 bits per heavy atom. The predicted molar refractivity (Wildman–Crippen MR) is 68.4 cm³/mol. The zero-order chi connectivity index (χ0) is 14.6. The molecule has 1 rings (SSSR count). The molecule has 0 amide bonds. The van der Waals surface area contributed by atoms with Gasteiger partial charge in [-0.15, -0.1) is 0 Å². The molecule has 0 atom stereocenters. The molecule has 0 radical (unpaired) electrons. The van der Waals surface area contributed by atoms with E-state index in [1.54, 1.807) is 0 Å². The molecule has 4 nitrogen and oxygen atoms in total. The summed E-state index contributed by atoms with van der Waals surface area (Å²) in [5.74, 6) is -2.57. The second-order valence-electron chi connectivity index (χ2n) is 5.41. The van der Waals surface area contributed by atoms with E-state index in [0.717, 1.165) is 12.1 Å². The molecule has 0 aromatic heterocycles. The fraction of sp³-hybridized carbons (Fsp3) is 0.462. The molecule has 1 aromatic rings. The smallest absolute Gasteiger partial charge is 0.190 e. The molecule has 0 saturated heterocycles. The lowest BCUT2D eigenvalue weighted by molar-refractivity contribution is 0.226. The normalized spacial score (nSPS) is 12.6. The maximum atomic E-state index is 13.7. The lowest BCUT2D eigenvalue weighted by Crippen LogP contribution is -2.15. The second-order valence-corrected chi connectivity index (χ2v) is 5.41. The van der Waals surface area contributed by atoms with Gasteiger partial charge in [0.15, 0.2) is 23.2 Å². The van der Waals surface area contributed by atoms with Crippen LogP contribution in [0.4, 0.5) is 8.78 Å². The van der Waals surface area contributed by atoms with Gasteiger partial charge in [-0.1, -0.05) is 25.9 Å². The minimum absolute atomic E-state index is 0.0147. The number of rotatable bonds is 4. The minimum Gasteiger partial charge on any atom is -0.488 e. The van der Waals surface area contributed by atoms with Gasteiger partial charge in [0.25, 0.3) is 0 Å². The largest absolute Gasteiger partial charge is 0.488 e. The Hall–Kier alpha value is -1.85. The molecule has 0 aliphatic carbocycles. The number of ether oxygens (including phenoxy) is 1. The quantitative estimate of drug-likeness (QED) is 0.383. The third-order valence-electron chi connectivity index (χ3n) is 2.50. The summed E-state index contributed by atoms with van der Waals surface area (Å²) in [6.07, 6.45) is 0.661. The summed E-state index contributed by atoms with van der Waals surface area (Å²) in [7, 11) is 0. The van der Waals surface area contributed by atoms with Crippen molar-refractivity contribution in [3.8, 4) is 5.75 Å². The monoisotopic (exact) mass is 272 g/mol. The summed E-state index contributed by atoms with van der Waals surface area (Å²) < 4.78 is 32.5. The van der Waals surface area contributed by atoms with Crippen molar-refractivity contribution in [3.05, 3.63) is 29.3 Å². The van der Waals surface area contributed by atoms with Crippen molar-refractivity contribution in [1.82, 2.24) is 0 Å². The molecule has 0 bridgehead atoms. The van der Waals surface area contributed by atoms with Crippen LogP contribution in [0.5, 0.6) is 5.75 Å². The molecule has 0 saturated carbocycles. The summed E-state index contributed by atoms with van der Waals surface area (Å²) in [5.41, 5.74) is 5.24. The molecule has 1 aromatic carbocycles. The number of oxime groups is 1. The van der Waals surface area contributed by atoms with Gasteiger partial charge < -0.3 is 15.7 Å². The molecule has 19 heavy (non-hydrogen) atoms. The number of benzene rings is 1. The van der Waals surface area contributed by atoms with Crippen molar-refractivity contribution >= 4 is 5.84 Å². The predicted octanol–water partition coefficient (Wildman–Crippen LogP) is 2.87. The van der Waals surface area contributed by atoms with Gasteiger partial charge in [-0.25, -0.2) is 8.78 Å². The molecular formula is C13H18F2N2O2. The Labute approximate surface area is 110 Å². The SMILES string of the molecule is CC(C)(C)CCOc1c(F)cc(C(N)=NO)cc1F. The van der Waals surface area contributed by atoms with Gasteiger partial charge in [-0.3, -0.25) is 0 Å². The number of halogens is 2. The Bertz CT molecular complexity index is 459. The molecule has 0 aliphatic heterocycles. The fourth-order valence-corrected chi connectivity index (χ4v) is 1.36.